The first-order chi connectivity index (χ1) is 10.2. The second-order valence-corrected chi connectivity index (χ2v) is 5.95. The predicted molar refractivity (Wildman–Crippen MR) is 79.9 cm³/mol. The van der Waals surface area contributed by atoms with Crippen LogP contribution in [0.3, 0.4) is 0 Å². The Balaban J connectivity index is 1.66. The minimum Gasteiger partial charge on any atom is -0.375 e. The van der Waals surface area contributed by atoms with Gasteiger partial charge in [0.2, 0.25) is 11.8 Å². The maximum Gasteiger partial charge on any atom is 0.248 e. The molecule has 6 heteroatoms. The minimum absolute atomic E-state index is 0.0119. The fraction of sp³-hybridized carbons (Fsp3) is 0.867. The standard InChI is InChI=1S/C15H27N3O3/c1-21-12-15(20)18-9-7-17(8-10-18)14(19)5-4-13-3-2-6-16-11-13/h13,16H,2-12H2,1H3. The lowest BCUT2D eigenvalue weighted by atomic mass is 9.94. The van der Waals surface area contributed by atoms with Crippen molar-refractivity contribution in [1.82, 2.24) is 15.1 Å². The third-order valence-electron chi connectivity index (χ3n) is 4.42. The molecule has 6 nitrogen and oxygen atoms in total. The molecule has 0 aromatic rings. The molecule has 21 heavy (non-hydrogen) atoms. The van der Waals surface area contributed by atoms with E-state index in [0.717, 1.165) is 19.5 Å². The summed E-state index contributed by atoms with van der Waals surface area (Å²) in [5.41, 5.74) is 0. The molecule has 0 spiro atoms. The zero-order chi connectivity index (χ0) is 15.1. The number of nitrogens with one attached hydrogen (secondary N) is 1. The molecule has 2 rings (SSSR count). The van der Waals surface area contributed by atoms with Gasteiger partial charge in [0.15, 0.2) is 0 Å². The number of carbonyl (C=O) groups is 2. The molecule has 2 fully saturated rings. The molecule has 0 aromatic carbocycles. The maximum absolute atomic E-state index is 12.2. The van der Waals surface area contributed by atoms with Crippen LogP contribution in [0.15, 0.2) is 0 Å². The number of nitrogens with zero attached hydrogens (tertiary/aromatic N) is 2. The van der Waals surface area contributed by atoms with Crippen molar-refractivity contribution in [1.29, 1.82) is 0 Å². The Kier molecular flexibility index (Phi) is 6.45. The number of piperidine rings is 1. The van der Waals surface area contributed by atoms with Crippen molar-refractivity contribution in [2.24, 2.45) is 5.92 Å². The molecule has 0 aliphatic carbocycles. The van der Waals surface area contributed by atoms with E-state index < -0.39 is 0 Å². The van der Waals surface area contributed by atoms with Crippen molar-refractivity contribution in [3.8, 4) is 0 Å². The second kappa shape index (κ2) is 8.34. The molecule has 2 aliphatic rings. The number of rotatable bonds is 5. The zero-order valence-corrected chi connectivity index (χ0v) is 13.0. The summed E-state index contributed by atoms with van der Waals surface area (Å²) < 4.78 is 4.86. The van der Waals surface area contributed by atoms with Crippen LogP contribution >= 0.6 is 0 Å². The largest absolute Gasteiger partial charge is 0.375 e. The van der Waals surface area contributed by atoms with Gasteiger partial charge in [-0.15, -0.1) is 0 Å². The van der Waals surface area contributed by atoms with Crippen molar-refractivity contribution in [2.45, 2.75) is 25.7 Å². The number of carbonyl (C=O) groups excluding carboxylic acids is 2. The fourth-order valence-corrected chi connectivity index (χ4v) is 3.08. The molecule has 1 N–H and O–H groups in total. The van der Waals surface area contributed by atoms with E-state index in [9.17, 15) is 9.59 Å². The Morgan fingerprint density at radius 3 is 2.38 bits per heavy atom. The third-order valence-corrected chi connectivity index (χ3v) is 4.42. The second-order valence-electron chi connectivity index (χ2n) is 5.95. The molecular weight excluding hydrogens is 270 g/mol. The van der Waals surface area contributed by atoms with Crippen LogP contribution in [0.4, 0.5) is 0 Å². The Morgan fingerprint density at radius 1 is 1.14 bits per heavy atom. The summed E-state index contributed by atoms with van der Waals surface area (Å²) in [6.07, 6.45) is 4.08. The first-order valence-electron chi connectivity index (χ1n) is 7.96. The van der Waals surface area contributed by atoms with Gasteiger partial charge in [0.25, 0.3) is 0 Å². The average molecular weight is 297 g/mol. The number of hydrogen-bond donors (Lipinski definition) is 1. The van der Waals surface area contributed by atoms with Crippen molar-refractivity contribution >= 4 is 11.8 Å². The Hall–Kier alpha value is -1.14. The van der Waals surface area contributed by atoms with E-state index in [4.69, 9.17) is 4.74 Å². The summed E-state index contributed by atoms with van der Waals surface area (Å²) in [6.45, 7) is 4.84. The number of hydrogen-bond acceptors (Lipinski definition) is 4. The average Bonchev–Trinajstić information content (AvgIpc) is 2.54. The normalized spacial score (nSPS) is 23.2. The van der Waals surface area contributed by atoms with E-state index in [0.29, 0.717) is 38.5 Å². The van der Waals surface area contributed by atoms with Gasteiger partial charge in [0, 0.05) is 39.7 Å². The van der Waals surface area contributed by atoms with Crippen LogP contribution < -0.4 is 5.32 Å². The molecule has 2 saturated heterocycles. The first kappa shape index (κ1) is 16.2. The smallest absolute Gasteiger partial charge is 0.248 e. The molecule has 120 valence electrons. The molecule has 0 radical (unpaired) electrons. The molecule has 2 aliphatic heterocycles. The van der Waals surface area contributed by atoms with Crippen molar-refractivity contribution in [3.05, 3.63) is 0 Å². The molecular formula is C15H27N3O3. The van der Waals surface area contributed by atoms with Crippen molar-refractivity contribution < 1.29 is 14.3 Å². The summed E-state index contributed by atoms with van der Waals surface area (Å²) in [5, 5.41) is 3.39. The van der Waals surface area contributed by atoms with Gasteiger partial charge in [-0.05, 0) is 38.3 Å². The number of methoxy groups -OCH3 is 1. The van der Waals surface area contributed by atoms with E-state index in [2.05, 4.69) is 5.32 Å². The highest BCUT2D eigenvalue weighted by atomic mass is 16.5. The predicted octanol–water partition coefficient (Wildman–Crippen LogP) is 0.0834. The van der Waals surface area contributed by atoms with Gasteiger partial charge in [0.05, 0.1) is 0 Å². The topological polar surface area (TPSA) is 61.9 Å². The maximum atomic E-state index is 12.2. The highest BCUT2D eigenvalue weighted by molar-refractivity contribution is 5.79. The van der Waals surface area contributed by atoms with Gasteiger partial charge in [0.1, 0.15) is 6.61 Å². The molecule has 0 aromatic heterocycles. The SMILES string of the molecule is COCC(=O)N1CCN(C(=O)CCC2CCCNC2)CC1. The van der Waals surface area contributed by atoms with E-state index in [1.807, 2.05) is 4.90 Å². The Bertz CT molecular complexity index is 348. The van der Waals surface area contributed by atoms with Gasteiger partial charge >= 0.3 is 0 Å². The van der Waals surface area contributed by atoms with Crippen molar-refractivity contribution in [3.63, 3.8) is 0 Å². The highest BCUT2D eigenvalue weighted by Crippen LogP contribution is 2.17. The van der Waals surface area contributed by atoms with Crippen LogP contribution in [-0.4, -0.2) is 74.6 Å². The van der Waals surface area contributed by atoms with E-state index in [1.165, 1.54) is 20.0 Å². The summed E-state index contributed by atoms with van der Waals surface area (Å²) in [6, 6.07) is 0. The molecule has 2 heterocycles. The van der Waals surface area contributed by atoms with Gasteiger partial charge in [-0.25, -0.2) is 0 Å². The van der Waals surface area contributed by atoms with Gasteiger partial charge in [-0.1, -0.05) is 0 Å². The van der Waals surface area contributed by atoms with Crippen LogP contribution in [-0.2, 0) is 14.3 Å². The fourth-order valence-electron chi connectivity index (χ4n) is 3.08. The molecule has 1 atom stereocenters. The van der Waals surface area contributed by atoms with E-state index >= 15 is 0 Å². The lowest BCUT2D eigenvalue weighted by Crippen LogP contribution is -2.51. The minimum atomic E-state index is 0.0119. The molecule has 0 saturated carbocycles. The van der Waals surface area contributed by atoms with Crippen LogP contribution in [0.1, 0.15) is 25.7 Å². The van der Waals surface area contributed by atoms with E-state index in [1.54, 1.807) is 4.90 Å². The summed E-state index contributed by atoms with van der Waals surface area (Å²) in [5.74, 6) is 0.893. The molecule has 1 unspecified atom stereocenters. The molecule has 0 bridgehead atoms. The summed E-state index contributed by atoms with van der Waals surface area (Å²) >= 11 is 0. The Labute approximate surface area is 126 Å². The number of amides is 2. The van der Waals surface area contributed by atoms with Crippen LogP contribution in [0.25, 0.3) is 0 Å². The lowest BCUT2D eigenvalue weighted by molar-refractivity contribution is -0.142. The van der Waals surface area contributed by atoms with Crippen molar-refractivity contribution in [2.75, 3.05) is 53.0 Å². The van der Waals surface area contributed by atoms with Crippen LogP contribution in [0.2, 0.25) is 0 Å². The van der Waals surface area contributed by atoms with Gasteiger partial charge < -0.3 is 19.9 Å². The van der Waals surface area contributed by atoms with Gasteiger partial charge in [-0.2, -0.15) is 0 Å². The quantitative estimate of drug-likeness (QED) is 0.781. The summed E-state index contributed by atoms with van der Waals surface area (Å²) in [4.78, 5) is 27.6. The van der Waals surface area contributed by atoms with Gasteiger partial charge in [-0.3, -0.25) is 9.59 Å². The van der Waals surface area contributed by atoms with E-state index in [-0.39, 0.29) is 18.4 Å². The van der Waals surface area contributed by atoms with Crippen LogP contribution in [0, 0.1) is 5.92 Å². The third kappa shape index (κ3) is 4.97. The number of ether oxygens (including phenoxy) is 1. The monoisotopic (exact) mass is 297 g/mol. The lowest BCUT2D eigenvalue weighted by Gasteiger charge is -2.35. The Morgan fingerprint density at radius 2 is 1.81 bits per heavy atom. The molecule has 2 amide bonds. The summed E-state index contributed by atoms with van der Waals surface area (Å²) in [7, 11) is 1.53. The first-order valence-corrected chi connectivity index (χ1v) is 7.96. The number of piperazine rings is 1. The highest BCUT2D eigenvalue weighted by Gasteiger charge is 2.24. The zero-order valence-electron chi connectivity index (χ0n) is 13.0. The van der Waals surface area contributed by atoms with Crippen LogP contribution in [0.5, 0.6) is 0 Å².